The van der Waals surface area contributed by atoms with Gasteiger partial charge in [-0.1, -0.05) is 23.2 Å². The Morgan fingerprint density at radius 2 is 1.73 bits per heavy atom. The predicted molar refractivity (Wildman–Crippen MR) is 119 cm³/mol. The van der Waals surface area contributed by atoms with Gasteiger partial charge in [-0.2, -0.15) is 0 Å². The summed E-state index contributed by atoms with van der Waals surface area (Å²) in [5.41, 5.74) is 4.41. The molecule has 2 aromatic carbocycles. The van der Waals surface area contributed by atoms with E-state index in [1.807, 2.05) is 47.6 Å². The first-order valence-electron chi connectivity index (χ1n) is 9.72. The summed E-state index contributed by atoms with van der Waals surface area (Å²) in [5, 5.41) is 1.96. The Morgan fingerprint density at radius 3 is 2.33 bits per heavy atom. The molecule has 0 atom stereocenters. The largest absolute Gasteiger partial charge is 0.487 e. The Kier molecular flexibility index (Phi) is 5.82. The third kappa shape index (κ3) is 4.42. The van der Waals surface area contributed by atoms with E-state index >= 15 is 0 Å². The van der Waals surface area contributed by atoms with Crippen molar-refractivity contribution in [3.8, 4) is 5.75 Å². The van der Waals surface area contributed by atoms with E-state index in [4.69, 9.17) is 27.9 Å². The lowest BCUT2D eigenvalue weighted by Gasteiger charge is -2.35. The number of nitrogens with one attached hydrogen (secondary N) is 1. The van der Waals surface area contributed by atoms with Gasteiger partial charge in [-0.15, -0.1) is 0 Å². The van der Waals surface area contributed by atoms with Crippen LogP contribution in [0.3, 0.4) is 0 Å². The third-order valence-corrected chi connectivity index (χ3v) is 5.59. The first-order valence-corrected chi connectivity index (χ1v) is 10.5. The van der Waals surface area contributed by atoms with Crippen LogP contribution in [0.1, 0.15) is 66.5 Å². The maximum atomic E-state index is 13.2. The average molecular weight is 449 g/mol. The van der Waals surface area contributed by atoms with Crippen LogP contribution in [0.5, 0.6) is 5.75 Å². The topological polar surface area (TPSA) is 58.6 Å². The highest BCUT2D eigenvalue weighted by Crippen LogP contribution is 2.38. The molecule has 1 aliphatic heterocycles. The van der Waals surface area contributed by atoms with Crippen LogP contribution in [0.25, 0.3) is 0 Å². The molecule has 0 unspecified atom stereocenters. The predicted octanol–water partition coefficient (Wildman–Crippen LogP) is 5.60. The van der Waals surface area contributed by atoms with Crippen LogP contribution in [-0.2, 0) is 6.42 Å². The van der Waals surface area contributed by atoms with Crippen LogP contribution in [-0.4, -0.2) is 28.0 Å². The van der Waals surface area contributed by atoms with Gasteiger partial charge in [0.25, 0.3) is 11.8 Å². The van der Waals surface area contributed by atoms with Crippen molar-refractivity contribution in [1.29, 1.82) is 0 Å². The van der Waals surface area contributed by atoms with Crippen LogP contribution in [0, 0.1) is 6.92 Å². The first-order chi connectivity index (χ1) is 13.8. The van der Waals surface area contributed by atoms with Gasteiger partial charge < -0.3 is 4.74 Å². The zero-order chi connectivity index (χ0) is 22.4. The minimum Gasteiger partial charge on any atom is -0.487 e. The number of carbonyl (C=O) groups is 2. The second-order valence-electron chi connectivity index (χ2n) is 9.13. The minimum atomic E-state index is -0.689. The Balaban J connectivity index is 1.92. The van der Waals surface area contributed by atoms with Gasteiger partial charge in [0.1, 0.15) is 11.4 Å². The van der Waals surface area contributed by atoms with E-state index in [1.54, 1.807) is 18.2 Å². The standard InChI is InChI=1S/C23H26Cl2N2O3/c1-13-15(9-10-19-17(13)12-23(5,6)30-19)20(28)26-27(22(2,3)4)21(29)16-8-7-14(24)11-18(16)25/h7-11H,12H2,1-6H3,(H,26,28). The van der Waals surface area contributed by atoms with E-state index in [0.29, 0.717) is 10.6 Å². The quantitative estimate of drug-likeness (QED) is 0.608. The number of rotatable bonds is 2. The fourth-order valence-electron chi connectivity index (χ4n) is 3.52. The van der Waals surface area contributed by atoms with Crippen LogP contribution in [0.4, 0.5) is 0 Å². The van der Waals surface area contributed by atoms with Crippen LogP contribution < -0.4 is 10.2 Å². The molecule has 3 rings (SSSR count). The molecule has 160 valence electrons. The molecule has 2 aromatic rings. The average Bonchev–Trinajstić information content (AvgIpc) is 2.93. The monoisotopic (exact) mass is 448 g/mol. The van der Waals surface area contributed by atoms with Gasteiger partial charge in [0.15, 0.2) is 0 Å². The van der Waals surface area contributed by atoms with Crippen molar-refractivity contribution in [2.75, 3.05) is 0 Å². The highest BCUT2D eigenvalue weighted by molar-refractivity contribution is 6.36. The summed E-state index contributed by atoms with van der Waals surface area (Å²) in [7, 11) is 0. The smallest absolute Gasteiger partial charge is 0.274 e. The number of nitrogens with zero attached hydrogens (tertiary/aromatic N) is 1. The van der Waals surface area contributed by atoms with E-state index in [1.165, 1.54) is 11.1 Å². The zero-order valence-electron chi connectivity index (χ0n) is 18.0. The van der Waals surface area contributed by atoms with E-state index in [0.717, 1.165) is 23.3 Å². The fraction of sp³-hybridized carbons (Fsp3) is 0.391. The molecule has 0 bridgehead atoms. The lowest BCUT2D eigenvalue weighted by Crippen LogP contribution is -2.56. The van der Waals surface area contributed by atoms with Crippen LogP contribution in [0.2, 0.25) is 10.0 Å². The fourth-order valence-corrected chi connectivity index (χ4v) is 4.01. The summed E-state index contributed by atoms with van der Waals surface area (Å²) in [4.78, 5) is 26.4. The van der Waals surface area contributed by atoms with Crippen molar-refractivity contribution in [2.45, 2.75) is 59.1 Å². The maximum absolute atomic E-state index is 13.2. The Hall–Kier alpha value is -2.24. The van der Waals surface area contributed by atoms with Gasteiger partial charge >= 0.3 is 0 Å². The summed E-state index contributed by atoms with van der Waals surface area (Å²) < 4.78 is 5.94. The molecular weight excluding hydrogens is 423 g/mol. The molecule has 0 fully saturated rings. The molecule has 0 saturated heterocycles. The number of benzene rings is 2. The normalized spacial score (nSPS) is 14.7. The number of ether oxygens (including phenoxy) is 1. The van der Waals surface area contributed by atoms with Gasteiger partial charge in [0, 0.05) is 22.6 Å². The van der Waals surface area contributed by atoms with Crippen molar-refractivity contribution in [3.05, 3.63) is 62.6 Å². The van der Waals surface area contributed by atoms with Crippen molar-refractivity contribution in [3.63, 3.8) is 0 Å². The Labute approximate surface area is 187 Å². The highest BCUT2D eigenvalue weighted by Gasteiger charge is 2.34. The highest BCUT2D eigenvalue weighted by atomic mass is 35.5. The molecule has 7 heteroatoms. The molecule has 5 nitrogen and oxygen atoms in total. The summed E-state index contributed by atoms with van der Waals surface area (Å²) in [6, 6.07) is 8.19. The first kappa shape index (κ1) is 22.4. The second kappa shape index (κ2) is 7.78. The molecule has 0 saturated carbocycles. The van der Waals surface area contributed by atoms with Crippen LogP contribution >= 0.6 is 23.2 Å². The zero-order valence-corrected chi connectivity index (χ0v) is 19.5. The lowest BCUT2D eigenvalue weighted by atomic mass is 9.95. The van der Waals surface area contributed by atoms with Crippen molar-refractivity contribution >= 4 is 35.0 Å². The van der Waals surface area contributed by atoms with E-state index < -0.39 is 11.4 Å². The number of hydrogen-bond acceptors (Lipinski definition) is 3. The number of carbonyl (C=O) groups excluding carboxylic acids is 2. The van der Waals surface area contributed by atoms with Gasteiger partial charge in [-0.25, -0.2) is 5.01 Å². The number of fused-ring (bicyclic) bond motifs is 1. The molecule has 1 N–H and O–H groups in total. The molecule has 30 heavy (non-hydrogen) atoms. The van der Waals surface area contributed by atoms with Gasteiger partial charge in [-0.3, -0.25) is 15.0 Å². The van der Waals surface area contributed by atoms with Crippen LogP contribution in [0.15, 0.2) is 30.3 Å². The SMILES string of the molecule is Cc1c(C(=O)NN(C(=O)c2ccc(Cl)cc2Cl)C(C)(C)C)ccc2c1CC(C)(C)O2. The lowest BCUT2D eigenvalue weighted by molar-refractivity contribution is 0.0358. The molecule has 0 aliphatic carbocycles. The maximum Gasteiger partial charge on any atom is 0.274 e. The Bertz CT molecular complexity index is 1030. The number of hydrazine groups is 1. The van der Waals surface area contributed by atoms with Crippen molar-refractivity contribution in [1.82, 2.24) is 10.4 Å². The third-order valence-electron chi connectivity index (χ3n) is 5.04. The van der Waals surface area contributed by atoms with E-state index in [-0.39, 0.29) is 22.1 Å². The summed E-state index contributed by atoms with van der Waals surface area (Å²) >= 11 is 12.2. The van der Waals surface area contributed by atoms with E-state index in [9.17, 15) is 9.59 Å². The van der Waals surface area contributed by atoms with Crippen molar-refractivity contribution < 1.29 is 14.3 Å². The molecule has 0 radical (unpaired) electrons. The minimum absolute atomic E-state index is 0.226. The molecule has 1 aliphatic rings. The molecule has 2 amide bonds. The summed E-state index contributed by atoms with van der Waals surface area (Å²) in [6.07, 6.45) is 0.720. The molecule has 0 aromatic heterocycles. The van der Waals surface area contributed by atoms with Gasteiger partial charge in [-0.05, 0) is 77.4 Å². The number of hydrogen-bond donors (Lipinski definition) is 1. The van der Waals surface area contributed by atoms with Gasteiger partial charge in [0.05, 0.1) is 16.1 Å². The molecule has 1 heterocycles. The molecular formula is C23H26Cl2N2O3. The van der Waals surface area contributed by atoms with E-state index in [2.05, 4.69) is 5.43 Å². The summed E-state index contributed by atoms with van der Waals surface area (Å²) in [5.74, 6) is 0.0138. The molecule has 0 spiro atoms. The second-order valence-corrected chi connectivity index (χ2v) is 9.97. The summed E-state index contributed by atoms with van der Waals surface area (Å²) in [6.45, 7) is 11.4. The number of halogens is 2. The van der Waals surface area contributed by atoms with Crippen molar-refractivity contribution in [2.24, 2.45) is 0 Å². The number of amides is 2. The Morgan fingerprint density at radius 1 is 1.10 bits per heavy atom. The van der Waals surface area contributed by atoms with Gasteiger partial charge in [0.2, 0.25) is 0 Å².